The zero-order valence-corrected chi connectivity index (χ0v) is 19.8. The molecule has 3 rings (SSSR count). The Labute approximate surface area is 182 Å². The van der Waals surface area contributed by atoms with Gasteiger partial charge >= 0.3 is 0 Å². The predicted molar refractivity (Wildman–Crippen MR) is 128 cm³/mol. The third kappa shape index (κ3) is 4.51. The first-order chi connectivity index (χ1) is 14.2. The monoisotopic (exact) mass is 428 g/mol. The molecule has 2 atom stereocenters. The Kier molecular flexibility index (Phi) is 6.81. The number of nitrogens with zero attached hydrogens (tertiary/aromatic N) is 1. The summed E-state index contributed by atoms with van der Waals surface area (Å²) >= 11 is 0. The molecule has 0 spiro atoms. The van der Waals surface area contributed by atoms with Gasteiger partial charge in [0.1, 0.15) is 0 Å². The molecular formula is C25H36N2O2S. The van der Waals surface area contributed by atoms with Gasteiger partial charge in [0, 0.05) is 38.4 Å². The normalized spacial score (nSPS) is 22.8. The van der Waals surface area contributed by atoms with Gasteiger partial charge < -0.3 is 10.2 Å². The average Bonchev–Trinajstić information content (AvgIpc) is 2.84. The van der Waals surface area contributed by atoms with Crippen LogP contribution in [0.5, 0.6) is 0 Å². The Balaban J connectivity index is 2.25. The topological polar surface area (TPSA) is 49.4 Å². The van der Waals surface area contributed by atoms with Gasteiger partial charge in [0.25, 0.3) is 0 Å². The van der Waals surface area contributed by atoms with Gasteiger partial charge in [-0.15, -0.1) is 0 Å². The summed E-state index contributed by atoms with van der Waals surface area (Å²) < 4.78 is 27.2. The van der Waals surface area contributed by atoms with E-state index in [1.54, 1.807) is 0 Å². The van der Waals surface area contributed by atoms with Crippen molar-refractivity contribution in [2.24, 2.45) is 5.41 Å². The summed E-state index contributed by atoms with van der Waals surface area (Å²) in [5.74, 6) is 0.301. The van der Waals surface area contributed by atoms with Gasteiger partial charge in [0.05, 0.1) is 10.6 Å². The van der Waals surface area contributed by atoms with Crippen LogP contribution in [-0.2, 0) is 9.84 Å². The largest absolute Gasteiger partial charge is 0.388 e. The van der Waals surface area contributed by atoms with Crippen LogP contribution in [0.15, 0.2) is 47.4 Å². The Morgan fingerprint density at radius 2 is 1.90 bits per heavy atom. The van der Waals surface area contributed by atoms with E-state index in [1.807, 2.05) is 38.2 Å². The van der Waals surface area contributed by atoms with Crippen molar-refractivity contribution in [2.45, 2.75) is 56.8 Å². The highest BCUT2D eigenvalue weighted by atomic mass is 32.2. The Morgan fingerprint density at radius 3 is 2.53 bits per heavy atom. The molecule has 4 nitrogen and oxygen atoms in total. The van der Waals surface area contributed by atoms with Gasteiger partial charge in [-0.3, -0.25) is 0 Å². The second kappa shape index (κ2) is 9.01. The molecule has 2 aromatic rings. The second-order valence-electron chi connectivity index (χ2n) is 8.96. The standard InChI is InChI=1S/C25H36N2O2S/c1-6-8-14-25(7-2)17-23(19-10-9-11-20(15-19)26-3)22-16-21(27(4)5)12-13-24(22)30(28,29)18-25/h9-13,15-16,23,26H,6-8,14,17-18H2,1-5H3/t23-,25+/m1/s1. The SMILES string of the molecule is CCCC[C@@]1(CC)C[C@H](c2cccc(NC)c2)c2cc(N(C)C)ccc2S(=O)(=O)C1. The first kappa shape index (κ1) is 22.7. The molecule has 1 aliphatic heterocycles. The fraction of sp³-hybridized carbons (Fsp3) is 0.520. The number of anilines is 2. The average molecular weight is 429 g/mol. The third-order valence-electron chi connectivity index (χ3n) is 6.74. The Bertz CT molecular complexity index is 984. The van der Waals surface area contributed by atoms with E-state index in [-0.39, 0.29) is 17.1 Å². The third-order valence-corrected chi connectivity index (χ3v) is 8.78. The molecule has 0 saturated carbocycles. The molecule has 0 aliphatic carbocycles. The molecule has 1 N–H and O–H groups in total. The minimum Gasteiger partial charge on any atom is -0.388 e. The Morgan fingerprint density at radius 1 is 1.13 bits per heavy atom. The van der Waals surface area contributed by atoms with E-state index in [0.717, 1.165) is 49.0 Å². The molecule has 164 valence electrons. The zero-order chi connectivity index (χ0) is 21.9. The summed E-state index contributed by atoms with van der Waals surface area (Å²) in [5.41, 5.74) is 4.02. The zero-order valence-electron chi connectivity index (χ0n) is 19.0. The lowest BCUT2D eigenvalue weighted by atomic mass is 9.71. The van der Waals surface area contributed by atoms with Crippen molar-refractivity contribution < 1.29 is 8.42 Å². The molecule has 0 fully saturated rings. The van der Waals surface area contributed by atoms with E-state index < -0.39 is 9.84 Å². The van der Waals surface area contributed by atoms with Gasteiger partial charge in [-0.05, 0) is 66.1 Å². The number of sulfone groups is 1. The molecule has 0 bridgehead atoms. The summed E-state index contributed by atoms with van der Waals surface area (Å²) in [5, 5.41) is 3.23. The van der Waals surface area contributed by atoms with Gasteiger partial charge in [-0.2, -0.15) is 0 Å². The number of unbranched alkanes of at least 4 members (excludes halogenated alkanes) is 1. The molecule has 5 heteroatoms. The summed E-state index contributed by atoms with van der Waals surface area (Å²) in [6, 6.07) is 14.3. The van der Waals surface area contributed by atoms with Crippen molar-refractivity contribution in [1.82, 2.24) is 0 Å². The number of hydrogen-bond acceptors (Lipinski definition) is 4. The van der Waals surface area contributed by atoms with Crippen molar-refractivity contribution in [3.8, 4) is 0 Å². The number of benzene rings is 2. The maximum Gasteiger partial charge on any atom is 0.179 e. The molecule has 1 aliphatic rings. The van der Waals surface area contributed by atoms with Gasteiger partial charge in [0.15, 0.2) is 9.84 Å². The quantitative estimate of drug-likeness (QED) is 0.615. The van der Waals surface area contributed by atoms with Crippen LogP contribution < -0.4 is 10.2 Å². The predicted octanol–water partition coefficient (Wildman–Crippen LogP) is 5.69. The van der Waals surface area contributed by atoms with Gasteiger partial charge in [-0.1, -0.05) is 38.8 Å². The van der Waals surface area contributed by atoms with E-state index in [2.05, 4.69) is 49.5 Å². The molecule has 0 aromatic heterocycles. The molecule has 0 saturated heterocycles. The lowest BCUT2D eigenvalue weighted by Crippen LogP contribution is -2.29. The smallest absolute Gasteiger partial charge is 0.179 e. The van der Waals surface area contributed by atoms with Crippen LogP contribution in [-0.4, -0.2) is 35.3 Å². The van der Waals surface area contributed by atoms with Crippen LogP contribution in [0.2, 0.25) is 0 Å². The number of rotatable bonds is 7. The summed E-state index contributed by atoms with van der Waals surface area (Å²) in [6.45, 7) is 4.34. The summed E-state index contributed by atoms with van der Waals surface area (Å²) in [6.07, 6.45) is 4.84. The highest BCUT2D eigenvalue weighted by Gasteiger charge is 2.42. The van der Waals surface area contributed by atoms with Crippen LogP contribution in [0.3, 0.4) is 0 Å². The van der Waals surface area contributed by atoms with Gasteiger partial charge in [0.2, 0.25) is 0 Å². The Hall–Kier alpha value is -2.01. The van der Waals surface area contributed by atoms with Crippen molar-refractivity contribution >= 4 is 21.2 Å². The number of nitrogens with one attached hydrogen (secondary N) is 1. The van der Waals surface area contributed by atoms with Crippen LogP contribution in [0.25, 0.3) is 0 Å². The van der Waals surface area contributed by atoms with Crippen molar-refractivity contribution in [3.63, 3.8) is 0 Å². The summed E-state index contributed by atoms with van der Waals surface area (Å²) in [4.78, 5) is 2.56. The van der Waals surface area contributed by atoms with E-state index in [9.17, 15) is 8.42 Å². The molecule has 0 amide bonds. The van der Waals surface area contributed by atoms with Gasteiger partial charge in [-0.25, -0.2) is 8.42 Å². The van der Waals surface area contributed by atoms with Crippen LogP contribution in [0, 0.1) is 5.41 Å². The molecule has 30 heavy (non-hydrogen) atoms. The van der Waals surface area contributed by atoms with Crippen LogP contribution in [0.4, 0.5) is 11.4 Å². The van der Waals surface area contributed by atoms with E-state index in [0.29, 0.717) is 4.90 Å². The molecule has 0 radical (unpaired) electrons. The fourth-order valence-corrected chi connectivity index (χ4v) is 7.07. The first-order valence-electron chi connectivity index (χ1n) is 11.1. The lowest BCUT2D eigenvalue weighted by Gasteiger charge is -2.34. The summed E-state index contributed by atoms with van der Waals surface area (Å²) in [7, 11) is 2.56. The highest BCUT2D eigenvalue weighted by Crippen LogP contribution is 2.49. The van der Waals surface area contributed by atoms with Crippen molar-refractivity contribution in [2.75, 3.05) is 37.1 Å². The van der Waals surface area contributed by atoms with Crippen molar-refractivity contribution in [1.29, 1.82) is 0 Å². The number of fused-ring (bicyclic) bond motifs is 1. The maximum absolute atomic E-state index is 13.6. The molecular weight excluding hydrogens is 392 g/mol. The molecule has 0 unspecified atom stereocenters. The van der Waals surface area contributed by atoms with E-state index in [1.165, 1.54) is 5.56 Å². The van der Waals surface area contributed by atoms with E-state index in [4.69, 9.17) is 0 Å². The molecule has 2 aromatic carbocycles. The van der Waals surface area contributed by atoms with Crippen LogP contribution >= 0.6 is 0 Å². The number of hydrogen-bond donors (Lipinski definition) is 1. The maximum atomic E-state index is 13.6. The van der Waals surface area contributed by atoms with Crippen molar-refractivity contribution in [3.05, 3.63) is 53.6 Å². The minimum atomic E-state index is -3.36. The highest BCUT2D eigenvalue weighted by molar-refractivity contribution is 7.91. The molecule has 1 heterocycles. The fourth-order valence-electron chi connectivity index (χ4n) is 4.81. The minimum absolute atomic E-state index is 0.0577. The van der Waals surface area contributed by atoms with E-state index >= 15 is 0 Å². The van der Waals surface area contributed by atoms with Crippen LogP contribution in [0.1, 0.15) is 63.0 Å². The lowest BCUT2D eigenvalue weighted by molar-refractivity contribution is 0.247. The second-order valence-corrected chi connectivity index (χ2v) is 10.9. The first-order valence-corrected chi connectivity index (χ1v) is 12.7.